The Kier molecular flexibility index (Phi) is 2.17. The minimum Gasteiger partial charge on any atom is -0.481 e. The van der Waals surface area contributed by atoms with Crippen LogP contribution in [0.3, 0.4) is 0 Å². The average Bonchev–Trinajstić information content (AvgIpc) is 2.14. The lowest BCUT2D eigenvalue weighted by Gasteiger charge is -2.50. The second-order valence-electron chi connectivity index (χ2n) is 4.35. The van der Waals surface area contributed by atoms with Crippen LogP contribution in [0.2, 0.25) is 0 Å². The molecule has 1 aliphatic carbocycles. The molecule has 1 heterocycles. The van der Waals surface area contributed by atoms with Crippen molar-refractivity contribution in [1.82, 2.24) is 5.01 Å². The fraction of sp³-hybridized carbons (Fsp3) is 0.889. The maximum Gasteiger partial charge on any atom is 0.308 e. The molecule has 14 heavy (non-hydrogen) atoms. The van der Waals surface area contributed by atoms with E-state index in [0.29, 0.717) is 13.1 Å². The van der Waals surface area contributed by atoms with Crippen molar-refractivity contribution in [3.63, 3.8) is 0 Å². The molecule has 5 nitrogen and oxygen atoms in total. The number of aliphatic carboxylic acids is 1. The van der Waals surface area contributed by atoms with Crippen molar-refractivity contribution in [2.24, 2.45) is 16.6 Å². The van der Waals surface area contributed by atoms with E-state index in [2.05, 4.69) is 5.29 Å². The van der Waals surface area contributed by atoms with Crippen LogP contribution in [-0.2, 0) is 4.79 Å². The molecule has 0 radical (unpaired) electrons. The molecule has 1 atom stereocenters. The van der Waals surface area contributed by atoms with E-state index in [4.69, 9.17) is 5.11 Å². The van der Waals surface area contributed by atoms with Gasteiger partial charge in [0.25, 0.3) is 0 Å². The summed E-state index contributed by atoms with van der Waals surface area (Å²) >= 11 is 0. The highest BCUT2D eigenvalue weighted by atomic mass is 16.4. The van der Waals surface area contributed by atoms with E-state index >= 15 is 0 Å². The van der Waals surface area contributed by atoms with Gasteiger partial charge >= 0.3 is 5.97 Å². The maximum atomic E-state index is 11.1. The highest BCUT2D eigenvalue weighted by Gasteiger charge is 2.50. The molecule has 2 aliphatic rings. The minimum atomic E-state index is -0.780. The van der Waals surface area contributed by atoms with Crippen LogP contribution < -0.4 is 0 Å². The molecule has 1 saturated heterocycles. The molecule has 1 saturated carbocycles. The largest absolute Gasteiger partial charge is 0.481 e. The molecule has 0 bridgehead atoms. The molecule has 5 heteroatoms. The Hall–Kier alpha value is -1.13. The number of hydrogen-bond acceptors (Lipinski definition) is 3. The average molecular weight is 198 g/mol. The van der Waals surface area contributed by atoms with Crippen LogP contribution in [0, 0.1) is 16.2 Å². The molecule has 78 valence electrons. The van der Waals surface area contributed by atoms with Crippen LogP contribution in [-0.4, -0.2) is 29.2 Å². The van der Waals surface area contributed by atoms with Gasteiger partial charge in [-0.25, -0.2) is 0 Å². The van der Waals surface area contributed by atoms with E-state index < -0.39 is 11.9 Å². The summed E-state index contributed by atoms with van der Waals surface area (Å²) < 4.78 is 0. The summed E-state index contributed by atoms with van der Waals surface area (Å²) in [6, 6.07) is 0. The van der Waals surface area contributed by atoms with Crippen molar-refractivity contribution in [2.75, 3.05) is 13.1 Å². The Morgan fingerprint density at radius 3 is 2.57 bits per heavy atom. The van der Waals surface area contributed by atoms with Crippen LogP contribution in [0.15, 0.2) is 5.29 Å². The molecule has 2 fully saturated rings. The van der Waals surface area contributed by atoms with Gasteiger partial charge in [0.1, 0.15) is 0 Å². The van der Waals surface area contributed by atoms with E-state index in [-0.39, 0.29) is 5.41 Å². The van der Waals surface area contributed by atoms with Gasteiger partial charge in [-0.1, -0.05) is 6.42 Å². The summed E-state index contributed by atoms with van der Waals surface area (Å²) in [7, 11) is 0. The van der Waals surface area contributed by atoms with Gasteiger partial charge in [0.2, 0.25) is 0 Å². The van der Waals surface area contributed by atoms with Crippen LogP contribution >= 0.6 is 0 Å². The normalized spacial score (nSPS) is 29.7. The molecule has 0 amide bonds. The maximum absolute atomic E-state index is 11.1. The second kappa shape index (κ2) is 3.22. The lowest BCUT2D eigenvalue weighted by Crippen LogP contribution is -2.52. The first-order chi connectivity index (χ1) is 6.68. The highest BCUT2D eigenvalue weighted by Crippen LogP contribution is 2.52. The topological polar surface area (TPSA) is 70.0 Å². The van der Waals surface area contributed by atoms with Gasteiger partial charge in [-0.2, -0.15) is 0 Å². The lowest BCUT2D eigenvalue weighted by atomic mass is 9.58. The molecular weight excluding hydrogens is 184 g/mol. The number of nitrogens with zero attached hydrogens (tertiary/aromatic N) is 2. The lowest BCUT2D eigenvalue weighted by molar-refractivity contribution is -0.155. The molecular formula is C9H14N2O3. The van der Waals surface area contributed by atoms with E-state index in [1.165, 1.54) is 5.01 Å². The van der Waals surface area contributed by atoms with Crippen LogP contribution in [0.25, 0.3) is 0 Å². The second-order valence-corrected chi connectivity index (χ2v) is 4.35. The van der Waals surface area contributed by atoms with E-state index in [0.717, 1.165) is 25.7 Å². The fourth-order valence-electron chi connectivity index (χ4n) is 2.67. The molecule has 0 aromatic heterocycles. The molecule has 2 rings (SSSR count). The Balaban J connectivity index is 2.12. The summed E-state index contributed by atoms with van der Waals surface area (Å²) in [5.41, 5.74) is -0.0208. The summed E-state index contributed by atoms with van der Waals surface area (Å²) in [5.74, 6) is -1.18. The Morgan fingerprint density at radius 2 is 2.14 bits per heavy atom. The van der Waals surface area contributed by atoms with E-state index in [1.54, 1.807) is 0 Å². The van der Waals surface area contributed by atoms with Gasteiger partial charge in [0, 0.05) is 6.54 Å². The first kappa shape index (κ1) is 9.43. The van der Waals surface area contributed by atoms with E-state index in [9.17, 15) is 9.70 Å². The third kappa shape index (κ3) is 1.27. The van der Waals surface area contributed by atoms with Crippen molar-refractivity contribution in [3.05, 3.63) is 4.91 Å². The quantitative estimate of drug-likeness (QED) is 0.678. The molecule has 0 aromatic carbocycles. The van der Waals surface area contributed by atoms with Gasteiger partial charge in [-0.3, -0.25) is 9.80 Å². The Morgan fingerprint density at radius 1 is 1.43 bits per heavy atom. The smallest absolute Gasteiger partial charge is 0.308 e. The van der Waals surface area contributed by atoms with Gasteiger partial charge < -0.3 is 5.11 Å². The van der Waals surface area contributed by atoms with E-state index in [1.807, 2.05) is 0 Å². The van der Waals surface area contributed by atoms with Crippen molar-refractivity contribution in [2.45, 2.75) is 25.7 Å². The number of rotatable bonds is 2. The summed E-state index contributed by atoms with van der Waals surface area (Å²) in [6.07, 6.45) is 3.92. The summed E-state index contributed by atoms with van der Waals surface area (Å²) in [4.78, 5) is 21.4. The predicted molar refractivity (Wildman–Crippen MR) is 49.4 cm³/mol. The third-order valence-electron chi connectivity index (χ3n) is 3.76. The first-order valence-corrected chi connectivity index (χ1v) is 4.99. The highest BCUT2D eigenvalue weighted by molar-refractivity contribution is 5.71. The van der Waals surface area contributed by atoms with Gasteiger partial charge in [-0.15, -0.1) is 4.91 Å². The monoisotopic (exact) mass is 198 g/mol. The van der Waals surface area contributed by atoms with Gasteiger partial charge in [-0.05, 0) is 24.7 Å². The van der Waals surface area contributed by atoms with Gasteiger partial charge in [0.05, 0.1) is 17.7 Å². The van der Waals surface area contributed by atoms with Crippen molar-refractivity contribution in [1.29, 1.82) is 0 Å². The number of carboxylic acids is 1. The zero-order valence-electron chi connectivity index (χ0n) is 7.98. The zero-order chi connectivity index (χ0) is 10.2. The number of piperidine rings is 1. The number of carbonyl (C=O) groups is 1. The molecule has 1 unspecified atom stereocenters. The molecule has 1 aliphatic heterocycles. The number of nitroso groups, excluding NO2 is 1. The SMILES string of the molecule is O=NN1CCC2(CCC2)C(C(=O)O)C1. The summed E-state index contributed by atoms with van der Waals surface area (Å²) in [6.45, 7) is 0.909. The first-order valence-electron chi connectivity index (χ1n) is 4.99. The predicted octanol–water partition coefficient (Wildman–Crippen LogP) is 1.24. The molecule has 0 aromatic rings. The zero-order valence-corrected chi connectivity index (χ0v) is 7.98. The minimum absolute atomic E-state index is 0.0208. The molecule has 1 spiro atoms. The molecule has 1 N–H and O–H groups in total. The Bertz CT molecular complexity index is 263. The van der Waals surface area contributed by atoms with Crippen molar-refractivity contribution < 1.29 is 9.90 Å². The summed E-state index contributed by atoms with van der Waals surface area (Å²) in [5, 5.41) is 13.2. The standard InChI is InChI=1S/C9H14N2O3/c12-8(13)7-6-11(10-14)5-4-9(7)2-1-3-9/h7H,1-6H2,(H,12,13). The fourth-order valence-corrected chi connectivity index (χ4v) is 2.67. The van der Waals surface area contributed by atoms with Gasteiger partial charge in [0.15, 0.2) is 0 Å². The van der Waals surface area contributed by atoms with Crippen LogP contribution in [0.1, 0.15) is 25.7 Å². The Labute approximate surface area is 82.0 Å². The number of carboxylic acid groups (broad SMARTS) is 1. The van der Waals surface area contributed by atoms with Crippen LogP contribution in [0.4, 0.5) is 0 Å². The number of hydrogen-bond donors (Lipinski definition) is 1. The third-order valence-corrected chi connectivity index (χ3v) is 3.76. The van der Waals surface area contributed by atoms with Crippen molar-refractivity contribution >= 4 is 5.97 Å². The van der Waals surface area contributed by atoms with Crippen LogP contribution in [0.5, 0.6) is 0 Å². The van der Waals surface area contributed by atoms with Crippen molar-refractivity contribution in [3.8, 4) is 0 Å².